The Bertz CT molecular complexity index is 279. The van der Waals surface area contributed by atoms with Crippen molar-refractivity contribution in [2.45, 2.75) is 52.5 Å². The molecule has 0 saturated heterocycles. The summed E-state index contributed by atoms with van der Waals surface area (Å²) in [7, 11) is 3.28. The van der Waals surface area contributed by atoms with Crippen LogP contribution in [0.2, 0.25) is 0 Å². The second-order valence-electron chi connectivity index (χ2n) is 5.68. The maximum absolute atomic E-state index is 6.06. The Morgan fingerprint density at radius 2 is 1.19 bits per heavy atom. The van der Waals surface area contributed by atoms with Crippen LogP contribution in [0.1, 0.15) is 27.7 Å². The summed E-state index contributed by atoms with van der Waals surface area (Å²) < 4.78 is 27.4. The van der Waals surface area contributed by atoms with Gasteiger partial charge in [-0.1, -0.05) is 26.0 Å². The Morgan fingerprint density at radius 3 is 1.52 bits per heavy atom. The van der Waals surface area contributed by atoms with Crippen LogP contribution in [0, 0.1) is 11.8 Å². The van der Waals surface area contributed by atoms with E-state index < -0.39 is 0 Å². The summed E-state index contributed by atoms with van der Waals surface area (Å²) in [6, 6.07) is 0. The van der Waals surface area contributed by atoms with Crippen LogP contribution in [0.4, 0.5) is 0 Å². The molecule has 0 radical (unpaired) electrons. The first-order valence-corrected chi connectivity index (χ1v) is 7.60. The van der Waals surface area contributed by atoms with E-state index in [0.717, 1.165) is 0 Å². The molecule has 1 aliphatic rings. The Balaban J connectivity index is 2.29. The van der Waals surface area contributed by atoms with Crippen LogP contribution in [0.5, 0.6) is 0 Å². The van der Waals surface area contributed by atoms with Gasteiger partial charge in [-0.15, -0.1) is 0 Å². The molecule has 5 heteroatoms. The van der Waals surface area contributed by atoms with Crippen molar-refractivity contribution in [2.24, 2.45) is 11.8 Å². The Morgan fingerprint density at radius 1 is 0.810 bits per heavy atom. The average Bonchev–Trinajstić information content (AvgIpc) is 2.99. The zero-order chi connectivity index (χ0) is 15.8. The molecule has 1 heterocycles. The minimum atomic E-state index is -0.184. The van der Waals surface area contributed by atoms with E-state index in [4.69, 9.17) is 23.7 Å². The van der Waals surface area contributed by atoms with Gasteiger partial charge >= 0.3 is 0 Å². The van der Waals surface area contributed by atoms with Crippen LogP contribution < -0.4 is 0 Å². The molecule has 0 N–H and O–H groups in total. The third-order valence-electron chi connectivity index (χ3n) is 3.78. The van der Waals surface area contributed by atoms with Crippen molar-refractivity contribution >= 4 is 0 Å². The second-order valence-corrected chi connectivity index (χ2v) is 5.68. The second kappa shape index (κ2) is 9.54. The molecular weight excluding hydrogens is 272 g/mol. The van der Waals surface area contributed by atoms with Gasteiger partial charge in [0.25, 0.3) is 0 Å². The molecule has 5 nitrogen and oxygen atoms in total. The highest BCUT2D eigenvalue weighted by Gasteiger charge is 2.28. The van der Waals surface area contributed by atoms with Crippen molar-refractivity contribution in [1.82, 2.24) is 0 Å². The zero-order valence-corrected chi connectivity index (χ0v) is 14.1. The van der Waals surface area contributed by atoms with Crippen LogP contribution in [-0.4, -0.2) is 52.2 Å². The summed E-state index contributed by atoms with van der Waals surface area (Å²) >= 11 is 0. The van der Waals surface area contributed by atoms with E-state index in [9.17, 15) is 0 Å². The summed E-state index contributed by atoms with van der Waals surface area (Å²) in [5.74, 6) is 0.574. The van der Waals surface area contributed by atoms with Crippen LogP contribution in [0.3, 0.4) is 0 Å². The van der Waals surface area contributed by atoms with Gasteiger partial charge in [0.1, 0.15) is 0 Å². The normalized spacial score (nSPS) is 27.5. The molecule has 0 aromatic rings. The smallest absolute Gasteiger partial charge is 0.154 e. The van der Waals surface area contributed by atoms with E-state index in [-0.39, 0.29) is 36.6 Å². The standard InChI is InChI=1S/C16H30O5/c1-11(9-19-13(3)17-5)15-7-8-16(21-15)12(2)10-20-14(4)18-6/h7-8,11-16H,9-10H2,1-6H3. The molecule has 0 spiro atoms. The highest BCUT2D eigenvalue weighted by Crippen LogP contribution is 2.24. The summed E-state index contributed by atoms with van der Waals surface area (Å²) in [5, 5.41) is 0. The van der Waals surface area contributed by atoms with Crippen molar-refractivity contribution in [3.8, 4) is 0 Å². The fourth-order valence-corrected chi connectivity index (χ4v) is 2.04. The number of rotatable bonds is 10. The molecule has 0 aromatic carbocycles. The predicted octanol–water partition coefficient (Wildman–Crippen LogP) is 2.60. The van der Waals surface area contributed by atoms with Crippen LogP contribution in [0.25, 0.3) is 0 Å². The van der Waals surface area contributed by atoms with Crippen molar-refractivity contribution in [2.75, 3.05) is 27.4 Å². The Labute approximate surface area is 128 Å². The largest absolute Gasteiger partial charge is 0.366 e. The van der Waals surface area contributed by atoms with Crippen molar-refractivity contribution < 1.29 is 23.7 Å². The first kappa shape index (κ1) is 18.6. The lowest BCUT2D eigenvalue weighted by Crippen LogP contribution is -2.30. The van der Waals surface area contributed by atoms with E-state index in [1.54, 1.807) is 14.2 Å². The molecule has 0 amide bonds. The number of ether oxygens (including phenoxy) is 5. The highest BCUT2D eigenvalue weighted by molar-refractivity contribution is 5.05. The van der Waals surface area contributed by atoms with Crippen LogP contribution in [0.15, 0.2) is 12.2 Å². The highest BCUT2D eigenvalue weighted by atomic mass is 16.7. The topological polar surface area (TPSA) is 46.2 Å². The van der Waals surface area contributed by atoms with E-state index in [2.05, 4.69) is 26.0 Å². The molecule has 0 fully saturated rings. The molecule has 0 aromatic heterocycles. The average molecular weight is 302 g/mol. The first-order valence-electron chi connectivity index (χ1n) is 7.60. The van der Waals surface area contributed by atoms with Gasteiger partial charge in [0.05, 0.1) is 25.4 Å². The van der Waals surface area contributed by atoms with Gasteiger partial charge in [-0.3, -0.25) is 0 Å². The van der Waals surface area contributed by atoms with Gasteiger partial charge in [-0.2, -0.15) is 0 Å². The van der Waals surface area contributed by atoms with Crippen LogP contribution in [-0.2, 0) is 23.7 Å². The first-order chi connectivity index (χ1) is 9.97. The lowest BCUT2D eigenvalue weighted by Gasteiger charge is -2.25. The Hall–Kier alpha value is -0.460. The monoisotopic (exact) mass is 302 g/mol. The van der Waals surface area contributed by atoms with Crippen molar-refractivity contribution in [1.29, 1.82) is 0 Å². The van der Waals surface area contributed by atoms with Crippen molar-refractivity contribution in [3.05, 3.63) is 12.2 Å². The number of methoxy groups -OCH3 is 2. The molecule has 0 saturated carbocycles. The SMILES string of the molecule is COC(C)OCC(C)C1C=CC(C(C)COC(C)OC)O1. The van der Waals surface area contributed by atoms with Crippen molar-refractivity contribution in [3.63, 3.8) is 0 Å². The minimum absolute atomic E-state index is 0.0846. The lowest BCUT2D eigenvalue weighted by atomic mass is 10.1. The van der Waals surface area contributed by atoms with Gasteiger partial charge in [0, 0.05) is 26.1 Å². The fraction of sp³-hybridized carbons (Fsp3) is 0.875. The van der Waals surface area contributed by atoms with Gasteiger partial charge < -0.3 is 23.7 Å². The maximum atomic E-state index is 6.06. The predicted molar refractivity (Wildman–Crippen MR) is 81.0 cm³/mol. The van der Waals surface area contributed by atoms with Crippen LogP contribution >= 0.6 is 0 Å². The van der Waals surface area contributed by atoms with Gasteiger partial charge in [0.15, 0.2) is 12.6 Å². The van der Waals surface area contributed by atoms with Gasteiger partial charge in [-0.05, 0) is 13.8 Å². The summed E-state index contributed by atoms with van der Waals surface area (Å²) in [6.45, 7) is 9.24. The fourth-order valence-electron chi connectivity index (χ4n) is 2.04. The van der Waals surface area contributed by atoms with E-state index in [0.29, 0.717) is 13.2 Å². The third kappa shape index (κ3) is 6.45. The lowest BCUT2D eigenvalue weighted by molar-refractivity contribution is -0.138. The quantitative estimate of drug-likeness (QED) is 0.458. The van der Waals surface area contributed by atoms with E-state index >= 15 is 0 Å². The van der Waals surface area contributed by atoms with Gasteiger partial charge in [0.2, 0.25) is 0 Å². The molecule has 124 valence electrons. The number of hydrogen-bond acceptors (Lipinski definition) is 5. The molecule has 6 atom stereocenters. The minimum Gasteiger partial charge on any atom is -0.366 e. The molecule has 0 bridgehead atoms. The molecule has 21 heavy (non-hydrogen) atoms. The summed E-state index contributed by atoms with van der Waals surface area (Å²) in [5.41, 5.74) is 0. The number of hydrogen-bond donors (Lipinski definition) is 0. The summed E-state index contributed by atoms with van der Waals surface area (Å²) in [4.78, 5) is 0. The maximum Gasteiger partial charge on any atom is 0.154 e. The molecule has 1 rings (SSSR count). The molecular formula is C16H30O5. The molecule has 0 aliphatic carbocycles. The summed E-state index contributed by atoms with van der Waals surface area (Å²) in [6.07, 6.45) is 4.04. The zero-order valence-electron chi connectivity index (χ0n) is 14.1. The van der Waals surface area contributed by atoms with E-state index in [1.807, 2.05) is 13.8 Å². The van der Waals surface area contributed by atoms with Gasteiger partial charge in [-0.25, -0.2) is 0 Å². The molecule has 6 unspecified atom stereocenters. The third-order valence-corrected chi connectivity index (χ3v) is 3.78. The Kier molecular flexibility index (Phi) is 8.44. The van der Waals surface area contributed by atoms with E-state index in [1.165, 1.54) is 0 Å². The molecule has 1 aliphatic heterocycles.